The Morgan fingerprint density at radius 2 is 1.60 bits per heavy atom. The van der Waals surface area contributed by atoms with Crippen molar-refractivity contribution in [1.29, 1.82) is 0 Å². The molecule has 0 radical (unpaired) electrons. The fourth-order valence-electron chi connectivity index (χ4n) is 2.03. The second kappa shape index (κ2) is 6.26. The second-order valence-electron chi connectivity index (χ2n) is 4.93. The molecule has 0 aliphatic carbocycles. The lowest BCUT2D eigenvalue weighted by Crippen LogP contribution is -2.07. The number of anilines is 1. The number of benzene rings is 2. The van der Waals surface area contributed by atoms with Crippen LogP contribution < -0.4 is 5.32 Å². The van der Waals surface area contributed by atoms with Crippen molar-refractivity contribution in [3.8, 4) is 0 Å². The van der Waals surface area contributed by atoms with Gasteiger partial charge in [0.25, 0.3) is 0 Å². The Morgan fingerprint density at radius 1 is 0.900 bits per heavy atom. The smallest absolute Gasteiger partial charge is 0.0782 e. The van der Waals surface area contributed by atoms with Gasteiger partial charge in [0, 0.05) is 5.69 Å². The van der Waals surface area contributed by atoms with Gasteiger partial charge in [-0.25, -0.2) is 0 Å². The summed E-state index contributed by atoms with van der Waals surface area (Å²) in [5.74, 6) is 0. The molecule has 2 aromatic rings. The summed E-state index contributed by atoms with van der Waals surface area (Å²) in [5, 5.41) is 4.80. The first-order valence-corrected chi connectivity index (χ1v) is 7.50. The fraction of sp³-hybridized carbons (Fsp3) is 0.250. The Balaban J connectivity index is 2.26. The molecule has 1 nitrogen and oxygen atoms in total. The average Bonchev–Trinajstić information content (AvgIpc) is 2.40. The minimum atomic E-state index is 0.0411. The lowest BCUT2D eigenvalue weighted by molar-refractivity contribution is 0.884. The third-order valence-electron chi connectivity index (χ3n) is 3.42. The molecule has 20 heavy (non-hydrogen) atoms. The zero-order valence-corrected chi connectivity index (χ0v) is 13.9. The summed E-state index contributed by atoms with van der Waals surface area (Å²) >= 11 is 18.3. The van der Waals surface area contributed by atoms with Crippen molar-refractivity contribution in [2.45, 2.75) is 26.8 Å². The van der Waals surface area contributed by atoms with Crippen LogP contribution in [-0.2, 0) is 0 Å². The summed E-state index contributed by atoms with van der Waals surface area (Å²) in [6.07, 6.45) is 0. The highest BCUT2D eigenvalue weighted by Gasteiger charge is 2.14. The Hall–Kier alpha value is -0.890. The third kappa shape index (κ3) is 3.22. The molecule has 0 aliphatic rings. The van der Waals surface area contributed by atoms with Crippen LogP contribution in [0.3, 0.4) is 0 Å². The summed E-state index contributed by atoms with van der Waals surface area (Å²) in [6, 6.07) is 9.99. The van der Waals surface area contributed by atoms with Crippen LogP contribution >= 0.6 is 34.8 Å². The minimum Gasteiger partial charge on any atom is -0.378 e. The lowest BCUT2D eigenvalue weighted by atomic mass is 10.1. The monoisotopic (exact) mass is 327 g/mol. The van der Waals surface area contributed by atoms with Crippen LogP contribution in [0.5, 0.6) is 0 Å². The molecule has 0 spiro atoms. The molecular weight excluding hydrogens is 313 g/mol. The van der Waals surface area contributed by atoms with Gasteiger partial charge in [0.1, 0.15) is 0 Å². The van der Waals surface area contributed by atoms with Crippen LogP contribution in [-0.4, -0.2) is 0 Å². The van der Waals surface area contributed by atoms with Gasteiger partial charge in [-0.1, -0.05) is 46.9 Å². The Morgan fingerprint density at radius 3 is 2.25 bits per heavy atom. The van der Waals surface area contributed by atoms with E-state index < -0.39 is 0 Å². The van der Waals surface area contributed by atoms with E-state index in [1.807, 2.05) is 13.0 Å². The maximum Gasteiger partial charge on any atom is 0.0782 e. The summed E-state index contributed by atoms with van der Waals surface area (Å²) in [7, 11) is 0. The molecule has 0 amide bonds. The molecule has 106 valence electrons. The van der Waals surface area contributed by atoms with Crippen molar-refractivity contribution in [2.24, 2.45) is 0 Å². The maximum atomic E-state index is 6.26. The van der Waals surface area contributed by atoms with Gasteiger partial charge in [-0.15, -0.1) is 0 Å². The normalized spacial score (nSPS) is 12.3. The van der Waals surface area contributed by atoms with Crippen LogP contribution in [0, 0.1) is 13.8 Å². The molecule has 0 aliphatic heterocycles. The van der Waals surface area contributed by atoms with Crippen LogP contribution in [0.25, 0.3) is 0 Å². The van der Waals surface area contributed by atoms with Crippen molar-refractivity contribution in [1.82, 2.24) is 0 Å². The van der Waals surface area contributed by atoms with Gasteiger partial charge in [-0.2, -0.15) is 0 Å². The molecule has 4 heteroatoms. The van der Waals surface area contributed by atoms with E-state index in [4.69, 9.17) is 34.8 Å². The van der Waals surface area contributed by atoms with Crippen LogP contribution in [0.1, 0.15) is 29.7 Å². The first-order chi connectivity index (χ1) is 9.40. The van der Waals surface area contributed by atoms with E-state index in [1.54, 1.807) is 6.07 Å². The van der Waals surface area contributed by atoms with Gasteiger partial charge in [0.15, 0.2) is 0 Å². The molecule has 0 fully saturated rings. The zero-order chi connectivity index (χ0) is 14.9. The molecule has 0 aromatic heterocycles. The van der Waals surface area contributed by atoms with Crippen LogP contribution in [0.15, 0.2) is 30.3 Å². The zero-order valence-electron chi connectivity index (χ0n) is 11.6. The minimum absolute atomic E-state index is 0.0411. The number of hydrogen-bond acceptors (Lipinski definition) is 1. The molecule has 1 unspecified atom stereocenters. The highest BCUT2D eigenvalue weighted by Crippen LogP contribution is 2.36. The van der Waals surface area contributed by atoms with Gasteiger partial charge in [0.2, 0.25) is 0 Å². The molecule has 0 bridgehead atoms. The predicted octanol–water partition coefficient (Wildman–Crippen LogP) is 6.44. The Bertz CT molecular complexity index is 638. The second-order valence-corrected chi connectivity index (χ2v) is 6.09. The molecular formula is C16H16Cl3N. The van der Waals surface area contributed by atoms with E-state index in [0.29, 0.717) is 15.1 Å². The first-order valence-electron chi connectivity index (χ1n) is 6.37. The summed E-state index contributed by atoms with van der Waals surface area (Å²) in [6.45, 7) is 6.23. The van der Waals surface area contributed by atoms with E-state index in [1.165, 1.54) is 11.1 Å². The molecule has 0 saturated heterocycles. The molecule has 1 N–H and O–H groups in total. The van der Waals surface area contributed by atoms with Crippen molar-refractivity contribution in [2.75, 3.05) is 5.32 Å². The van der Waals surface area contributed by atoms with Crippen LogP contribution in [0.4, 0.5) is 5.69 Å². The summed E-state index contributed by atoms with van der Waals surface area (Å²) < 4.78 is 0. The first kappa shape index (κ1) is 15.5. The number of nitrogens with one attached hydrogen (secondary N) is 1. The largest absolute Gasteiger partial charge is 0.378 e. The summed E-state index contributed by atoms with van der Waals surface area (Å²) in [4.78, 5) is 0. The van der Waals surface area contributed by atoms with Crippen molar-refractivity contribution in [3.05, 3.63) is 62.1 Å². The van der Waals surface area contributed by atoms with Gasteiger partial charge < -0.3 is 5.32 Å². The number of aryl methyl sites for hydroxylation is 2. The van der Waals surface area contributed by atoms with E-state index in [2.05, 4.69) is 37.4 Å². The third-order valence-corrected chi connectivity index (χ3v) is 4.73. The number of halogens is 3. The predicted molar refractivity (Wildman–Crippen MR) is 89.4 cm³/mol. The standard InChI is InChI=1S/C16H16Cl3N/c1-9-4-5-12(8-10(9)2)20-11(3)13-6-7-14(17)16(19)15(13)18/h4-8,11,20H,1-3H3. The quantitative estimate of drug-likeness (QED) is 0.639. The Labute approximate surface area is 134 Å². The highest BCUT2D eigenvalue weighted by molar-refractivity contribution is 6.48. The molecule has 0 saturated carbocycles. The number of rotatable bonds is 3. The maximum absolute atomic E-state index is 6.26. The van der Waals surface area contributed by atoms with Gasteiger partial charge >= 0.3 is 0 Å². The van der Waals surface area contributed by atoms with Crippen molar-refractivity contribution < 1.29 is 0 Å². The van der Waals surface area contributed by atoms with E-state index in [-0.39, 0.29) is 6.04 Å². The number of hydrogen-bond donors (Lipinski definition) is 1. The highest BCUT2D eigenvalue weighted by atomic mass is 35.5. The molecule has 2 aromatic carbocycles. The fourth-order valence-corrected chi connectivity index (χ4v) is 2.74. The summed E-state index contributed by atoms with van der Waals surface area (Å²) in [5.41, 5.74) is 4.51. The average molecular weight is 329 g/mol. The van der Waals surface area contributed by atoms with Crippen molar-refractivity contribution in [3.63, 3.8) is 0 Å². The van der Waals surface area contributed by atoms with E-state index in [0.717, 1.165) is 11.3 Å². The molecule has 1 atom stereocenters. The van der Waals surface area contributed by atoms with E-state index >= 15 is 0 Å². The molecule has 2 rings (SSSR count). The van der Waals surface area contributed by atoms with E-state index in [9.17, 15) is 0 Å². The van der Waals surface area contributed by atoms with Gasteiger partial charge in [0.05, 0.1) is 21.1 Å². The molecule has 0 heterocycles. The van der Waals surface area contributed by atoms with Crippen molar-refractivity contribution >= 4 is 40.5 Å². The Kier molecular flexibility index (Phi) is 4.85. The SMILES string of the molecule is Cc1ccc(NC(C)c2ccc(Cl)c(Cl)c2Cl)cc1C. The topological polar surface area (TPSA) is 12.0 Å². The lowest BCUT2D eigenvalue weighted by Gasteiger charge is -2.18. The van der Waals surface area contributed by atoms with Crippen LogP contribution in [0.2, 0.25) is 15.1 Å². The van der Waals surface area contributed by atoms with Gasteiger partial charge in [-0.05, 0) is 55.7 Å². The van der Waals surface area contributed by atoms with Gasteiger partial charge in [-0.3, -0.25) is 0 Å².